The summed E-state index contributed by atoms with van der Waals surface area (Å²) in [5, 5.41) is 0. The Labute approximate surface area is 149 Å². The van der Waals surface area contributed by atoms with Crippen LogP contribution in [0.2, 0.25) is 0 Å². The molecule has 1 aromatic carbocycles. The van der Waals surface area contributed by atoms with Gasteiger partial charge < -0.3 is 9.64 Å². The second-order valence-electron chi connectivity index (χ2n) is 6.39. The zero-order valence-electron chi connectivity index (χ0n) is 14.9. The molecule has 2 heterocycles. The second-order valence-corrected chi connectivity index (χ2v) is 6.39. The third-order valence-corrected chi connectivity index (χ3v) is 4.59. The van der Waals surface area contributed by atoms with Gasteiger partial charge in [-0.25, -0.2) is 0 Å². The van der Waals surface area contributed by atoms with Gasteiger partial charge in [-0.3, -0.25) is 14.7 Å². The highest BCUT2D eigenvalue weighted by Crippen LogP contribution is 2.16. The van der Waals surface area contributed by atoms with Crippen LogP contribution in [0.4, 0.5) is 0 Å². The molecule has 0 unspecified atom stereocenters. The quantitative estimate of drug-likeness (QED) is 0.811. The zero-order chi connectivity index (χ0) is 17.6. The van der Waals surface area contributed by atoms with Crippen molar-refractivity contribution in [2.45, 2.75) is 26.4 Å². The van der Waals surface area contributed by atoms with Crippen LogP contribution in [0.1, 0.15) is 23.7 Å². The van der Waals surface area contributed by atoms with E-state index in [1.807, 2.05) is 35.4 Å². The van der Waals surface area contributed by atoms with Crippen LogP contribution >= 0.6 is 0 Å². The standard InChI is InChI=1S/C20H25N3O2/c1-3-16-7-8-18(21-12-16)14-22-9-10-23(20(24)15-22)13-17-5-4-6-19(11-17)25-2/h4-8,11-12H,3,9-10,13-15H2,1-2H3. The average molecular weight is 339 g/mol. The van der Waals surface area contributed by atoms with Gasteiger partial charge in [-0.15, -0.1) is 0 Å². The third-order valence-electron chi connectivity index (χ3n) is 4.59. The molecule has 1 aliphatic heterocycles. The van der Waals surface area contributed by atoms with E-state index in [0.29, 0.717) is 13.1 Å². The van der Waals surface area contributed by atoms with Crippen molar-refractivity contribution in [1.82, 2.24) is 14.8 Å². The summed E-state index contributed by atoms with van der Waals surface area (Å²) in [5.74, 6) is 0.990. The van der Waals surface area contributed by atoms with E-state index in [1.54, 1.807) is 7.11 Å². The van der Waals surface area contributed by atoms with Gasteiger partial charge in [0, 0.05) is 32.4 Å². The van der Waals surface area contributed by atoms with Crippen LogP contribution < -0.4 is 4.74 Å². The number of ether oxygens (including phenoxy) is 1. The largest absolute Gasteiger partial charge is 0.497 e. The molecular weight excluding hydrogens is 314 g/mol. The molecule has 0 radical (unpaired) electrons. The summed E-state index contributed by atoms with van der Waals surface area (Å²) in [4.78, 5) is 21.1. The van der Waals surface area contributed by atoms with Gasteiger partial charge >= 0.3 is 0 Å². The molecule has 0 bridgehead atoms. The van der Waals surface area contributed by atoms with Crippen LogP contribution in [-0.4, -0.2) is 47.4 Å². The van der Waals surface area contributed by atoms with Crippen LogP contribution in [0.3, 0.4) is 0 Å². The van der Waals surface area contributed by atoms with Crippen LogP contribution in [-0.2, 0) is 24.3 Å². The molecule has 1 aromatic heterocycles. The number of aromatic nitrogens is 1. The first-order valence-electron chi connectivity index (χ1n) is 8.75. The monoisotopic (exact) mass is 339 g/mol. The molecule has 0 N–H and O–H groups in total. The first-order chi connectivity index (χ1) is 12.2. The third kappa shape index (κ3) is 4.57. The molecule has 3 rings (SSSR count). The minimum atomic E-state index is 0.166. The number of benzene rings is 1. The lowest BCUT2D eigenvalue weighted by Gasteiger charge is -2.34. The maximum atomic E-state index is 12.5. The van der Waals surface area contributed by atoms with Gasteiger partial charge in [0.1, 0.15) is 5.75 Å². The summed E-state index contributed by atoms with van der Waals surface area (Å²) in [5.41, 5.74) is 3.35. The van der Waals surface area contributed by atoms with Gasteiger partial charge in [-0.2, -0.15) is 0 Å². The molecule has 1 amide bonds. The molecular formula is C20H25N3O2. The minimum Gasteiger partial charge on any atom is -0.497 e. The fourth-order valence-corrected chi connectivity index (χ4v) is 3.04. The summed E-state index contributed by atoms with van der Waals surface area (Å²) < 4.78 is 5.25. The number of aryl methyl sites for hydroxylation is 1. The Kier molecular flexibility index (Phi) is 5.66. The Balaban J connectivity index is 1.55. The Morgan fingerprint density at radius 1 is 1.12 bits per heavy atom. The fraction of sp³-hybridized carbons (Fsp3) is 0.400. The van der Waals surface area contributed by atoms with Crippen LogP contribution in [0.5, 0.6) is 5.75 Å². The fourth-order valence-electron chi connectivity index (χ4n) is 3.04. The molecule has 0 saturated carbocycles. The Morgan fingerprint density at radius 3 is 2.68 bits per heavy atom. The van der Waals surface area contributed by atoms with Gasteiger partial charge in [-0.05, 0) is 35.7 Å². The van der Waals surface area contributed by atoms with E-state index in [0.717, 1.165) is 43.1 Å². The van der Waals surface area contributed by atoms with Gasteiger partial charge in [0.2, 0.25) is 5.91 Å². The number of methoxy groups -OCH3 is 1. The summed E-state index contributed by atoms with van der Waals surface area (Å²) in [7, 11) is 1.66. The average Bonchev–Trinajstić information content (AvgIpc) is 2.65. The number of carbonyl (C=O) groups excluding carboxylic acids is 1. The van der Waals surface area contributed by atoms with Crippen molar-refractivity contribution in [2.75, 3.05) is 26.7 Å². The maximum absolute atomic E-state index is 12.5. The van der Waals surface area contributed by atoms with Crippen LogP contribution in [0.15, 0.2) is 42.6 Å². The molecule has 0 atom stereocenters. The highest BCUT2D eigenvalue weighted by molar-refractivity contribution is 5.79. The number of amides is 1. The SMILES string of the molecule is CCc1ccc(CN2CCN(Cc3cccc(OC)c3)C(=O)C2)nc1. The molecule has 1 saturated heterocycles. The highest BCUT2D eigenvalue weighted by Gasteiger charge is 2.24. The van der Waals surface area contributed by atoms with Crippen molar-refractivity contribution >= 4 is 5.91 Å². The van der Waals surface area contributed by atoms with E-state index in [1.165, 1.54) is 5.56 Å². The lowest BCUT2D eigenvalue weighted by Crippen LogP contribution is -2.49. The normalized spacial score (nSPS) is 15.4. The van der Waals surface area contributed by atoms with Crippen molar-refractivity contribution < 1.29 is 9.53 Å². The van der Waals surface area contributed by atoms with E-state index in [4.69, 9.17) is 4.74 Å². The molecule has 132 valence electrons. The molecule has 1 fully saturated rings. The van der Waals surface area contributed by atoms with Crippen LogP contribution in [0.25, 0.3) is 0 Å². The van der Waals surface area contributed by atoms with E-state index in [2.05, 4.69) is 28.9 Å². The van der Waals surface area contributed by atoms with E-state index >= 15 is 0 Å². The van der Waals surface area contributed by atoms with Gasteiger partial charge in [0.05, 0.1) is 19.3 Å². The number of hydrogen-bond donors (Lipinski definition) is 0. The van der Waals surface area contributed by atoms with Crippen molar-refractivity contribution in [3.05, 3.63) is 59.4 Å². The summed E-state index contributed by atoms with van der Waals surface area (Å²) >= 11 is 0. The van der Waals surface area contributed by atoms with Crippen LogP contribution in [0, 0.1) is 0 Å². The topological polar surface area (TPSA) is 45.7 Å². The predicted octanol–water partition coefficient (Wildman–Crippen LogP) is 2.50. The van der Waals surface area contributed by atoms with Crippen molar-refractivity contribution in [3.63, 3.8) is 0 Å². The number of hydrogen-bond acceptors (Lipinski definition) is 4. The molecule has 0 aliphatic carbocycles. The number of nitrogens with zero attached hydrogens (tertiary/aromatic N) is 3. The zero-order valence-corrected chi connectivity index (χ0v) is 14.9. The smallest absolute Gasteiger partial charge is 0.237 e. The van der Waals surface area contributed by atoms with Gasteiger partial charge in [0.25, 0.3) is 0 Å². The highest BCUT2D eigenvalue weighted by atomic mass is 16.5. The van der Waals surface area contributed by atoms with Gasteiger partial charge in [0.15, 0.2) is 0 Å². The predicted molar refractivity (Wildman–Crippen MR) is 97.3 cm³/mol. The molecule has 0 spiro atoms. The first kappa shape index (κ1) is 17.4. The summed E-state index contributed by atoms with van der Waals surface area (Å²) in [6, 6.07) is 12.1. The van der Waals surface area contributed by atoms with Gasteiger partial charge in [-0.1, -0.05) is 25.1 Å². The molecule has 5 heteroatoms. The summed E-state index contributed by atoms with van der Waals surface area (Å²) in [6.45, 7) is 5.53. The summed E-state index contributed by atoms with van der Waals surface area (Å²) in [6.07, 6.45) is 2.92. The second kappa shape index (κ2) is 8.12. The van der Waals surface area contributed by atoms with E-state index in [-0.39, 0.29) is 5.91 Å². The molecule has 2 aromatic rings. The van der Waals surface area contributed by atoms with Crippen molar-refractivity contribution in [2.24, 2.45) is 0 Å². The number of rotatable bonds is 6. The molecule has 25 heavy (non-hydrogen) atoms. The van der Waals surface area contributed by atoms with Crippen molar-refractivity contribution in [1.29, 1.82) is 0 Å². The first-order valence-corrected chi connectivity index (χ1v) is 8.75. The number of piperazine rings is 1. The lowest BCUT2D eigenvalue weighted by atomic mass is 10.1. The number of carbonyl (C=O) groups is 1. The minimum absolute atomic E-state index is 0.166. The Morgan fingerprint density at radius 2 is 2.00 bits per heavy atom. The van der Waals surface area contributed by atoms with Crippen molar-refractivity contribution in [3.8, 4) is 5.75 Å². The van der Waals surface area contributed by atoms with E-state index < -0.39 is 0 Å². The number of pyridine rings is 1. The molecule has 5 nitrogen and oxygen atoms in total. The Bertz CT molecular complexity index is 715. The maximum Gasteiger partial charge on any atom is 0.237 e. The Hall–Kier alpha value is -2.40. The van der Waals surface area contributed by atoms with E-state index in [9.17, 15) is 4.79 Å². The lowest BCUT2D eigenvalue weighted by molar-refractivity contribution is -0.136. The molecule has 1 aliphatic rings.